The molecule has 116 valence electrons. The number of aromatic hydroxyl groups is 1. The van der Waals surface area contributed by atoms with E-state index < -0.39 is 5.91 Å². The molecule has 0 atom stereocenters. The van der Waals surface area contributed by atoms with Crippen LogP contribution in [0, 0.1) is 6.92 Å². The number of thiazole rings is 1. The molecule has 0 aliphatic rings. The van der Waals surface area contributed by atoms with Gasteiger partial charge in [0.2, 0.25) is 11.8 Å². The number of carbonyl (C=O) groups is 2. The lowest BCUT2D eigenvalue weighted by atomic mass is 10.3. The Morgan fingerprint density at radius 3 is 2.68 bits per heavy atom. The van der Waals surface area contributed by atoms with Gasteiger partial charge in [-0.1, -0.05) is 11.8 Å². The maximum Gasteiger partial charge on any atom is 0.234 e. The minimum absolute atomic E-state index is 0.146. The zero-order chi connectivity index (χ0) is 16.1. The van der Waals surface area contributed by atoms with Gasteiger partial charge in [0, 0.05) is 10.6 Å². The molecule has 1 heterocycles. The summed E-state index contributed by atoms with van der Waals surface area (Å²) < 4.78 is 0.731. The topological polar surface area (TPSA) is 105 Å². The first-order valence-corrected chi connectivity index (χ1v) is 8.20. The number of anilines is 1. The molecule has 8 heteroatoms. The molecule has 0 spiro atoms. The molecule has 0 saturated heterocycles. The molecule has 4 N–H and O–H groups in total. The van der Waals surface area contributed by atoms with Gasteiger partial charge in [-0.05, 0) is 31.2 Å². The third kappa shape index (κ3) is 4.74. The second kappa shape index (κ2) is 7.28. The number of carbonyl (C=O) groups excluding carboxylic acids is 2. The first kappa shape index (κ1) is 16.3. The summed E-state index contributed by atoms with van der Waals surface area (Å²) in [5.41, 5.74) is 6.56. The summed E-state index contributed by atoms with van der Waals surface area (Å²) in [6.45, 7) is 1.81. The van der Waals surface area contributed by atoms with Gasteiger partial charge in [-0.25, -0.2) is 4.98 Å². The Balaban J connectivity index is 1.88. The number of nitrogens with one attached hydrogen (secondary N) is 1. The van der Waals surface area contributed by atoms with E-state index in [-0.39, 0.29) is 23.8 Å². The fourth-order valence-corrected chi connectivity index (χ4v) is 3.70. The van der Waals surface area contributed by atoms with Crippen molar-refractivity contribution in [3.8, 4) is 5.75 Å². The lowest BCUT2D eigenvalue weighted by Crippen LogP contribution is -2.13. The molecule has 22 heavy (non-hydrogen) atoms. The molecule has 6 nitrogen and oxygen atoms in total. The van der Waals surface area contributed by atoms with E-state index in [4.69, 9.17) is 5.73 Å². The van der Waals surface area contributed by atoms with Gasteiger partial charge in [0.25, 0.3) is 0 Å². The number of thioether (sulfide) groups is 1. The zero-order valence-corrected chi connectivity index (χ0v) is 13.5. The number of phenolic OH excluding ortho intramolecular Hbond substituents is 1. The summed E-state index contributed by atoms with van der Waals surface area (Å²) in [6.07, 6.45) is 0.170. The van der Waals surface area contributed by atoms with Crippen LogP contribution >= 0.6 is 23.1 Å². The SMILES string of the molecule is Cc1nc(SCC(=O)Nc2ccc(O)cc2)sc1CC(N)=O. The summed E-state index contributed by atoms with van der Waals surface area (Å²) in [5, 5.41) is 11.9. The quantitative estimate of drug-likeness (QED) is 0.551. The highest BCUT2D eigenvalue weighted by Crippen LogP contribution is 2.27. The van der Waals surface area contributed by atoms with E-state index in [2.05, 4.69) is 10.3 Å². The first-order valence-electron chi connectivity index (χ1n) is 6.40. The molecule has 1 aromatic carbocycles. The Kier molecular flexibility index (Phi) is 5.40. The van der Waals surface area contributed by atoms with Crippen molar-refractivity contribution in [1.29, 1.82) is 0 Å². The van der Waals surface area contributed by atoms with Crippen LogP contribution in [0.4, 0.5) is 5.69 Å². The number of nitrogens with zero attached hydrogens (tertiary/aromatic N) is 1. The number of aromatic nitrogens is 1. The molecule has 0 saturated carbocycles. The van der Waals surface area contributed by atoms with E-state index in [9.17, 15) is 14.7 Å². The van der Waals surface area contributed by atoms with Crippen LogP contribution < -0.4 is 11.1 Å². The van der Waals surface area contributed by atoms with Crippen molar-refractivity contribution >= 4 is 40.6 Å². The molecular weight excluding hydrogens is 322 g/mol. The molecular formula is C14H15N3O3S2. The third-order valence-corrected chi connectivity index (χ3v) is 4.99. The molecule has 0 bridgehead atoms. The number of nitrogens with two attached hydrogens (primary N) is 1. The number of hydrogen-bond acceptors (Lipinski definition) is 6. The van der Waals surface area contributed by atoms with E-state index in [1.54, 1.807) is 12.1 Å². The molecule has 0 radical (unpaired) electrons. The Hall–Kier alpha value is -2.06. The highest BCUT2D eigenvalue weighted by Gasteiger charge is 2.12. The van der Waals surface area contributed by atoms with Crippen LogP contribution in [-0.2, 0) is 16.0 Å². The summed E-state index contributed by atoms with van der Waals surface area (Å²) in [7, 11) is 0. The minimum atomic E-state index is -0.395. The van der Waals surface area contributed by atoms with Crippen LogP contribution in [-0.4, -0.2) is 27.7 Å². The standard InChI is InChI=1S/C14H15N3O3S2/c1-8-11(6-12(15)19)22-14(16-8)21-7-13(20)17-9-2-4-10(18)5-3-9/h2-5,18H,6-7H2,1H3,(H2,15,19)(H,17,20). The van der Waals surface area contributed by atoms with Gasteiger partial charge >= 0.3 is 0 Å². The lowest BCUT2D eigenvalue weighted by molar-refractivity contribution is -0.117. The maximum atomic E-state index is 11.8. The molecule has 0 unspecified atom stereocenters. The number of amides is 2. The molecule has 0 fully saturated rings. The highest BCUT2D eigenvalue weighted by molar-refractivity contribution is 8.01. The first-order chi connectivity index (χ1) is 10.4. The fourth-order valence-electron chi connectivity index (χ4n) is 1.65. The average Bonchev–Trinajstić information content (AvgIpc) is 2.79. The largest absolute Gasteiger partial charge is 0.508 e. The van der Waals surface area contributed by atoms with Crippen LogP contribution in [0.3, 0.4) is 0 Å². The average molecular weight is 337 g/mol. The van der Waals surface area contributed by atoms with E-state index in [1.807, 2.05) is 6.92 Å². The number of phenols is 1. The molecule has 0 aliphatic heterocycles. The Bertz CT molecular complexity index is 683. The van der Waals surface area contributed by atoms with Crippen LogP contribution in [0.5, 0.6) is 5.75 Å². The molecule has 0 aliphatic carbocycles. The monoisotopic (exact) mass is 337 g/mol. The summed E-state index contributed by atoms with van der Waals surface area (Å²) in [6, 6.07) is 6.25. The number of primary amides is 1. The van der Waals surface area contributed by atoms with Gasteiger partial charge in [-0.15, -0.1) is 11.3 Å². The zero-order valence-electron chi connectivity index (χ0n) is 11.8. The van der Waals surface area contributed by atoms with Crippen LogP contribution in [0.1, 0.15) is 10.6 Å². The van der Waals surface area contributed by atoms with Crippen molar-refractivity contribution in [2.75, 3.05) is 11.1 Å². The van der Waals surface area contributed by atoms with Gasteiger partial charge < -0.3 is 16.2 Å². The summed E-state index contributed by atoms with van der Waals surface area (Å²) in [5.74, 6) is -0.204. The van der Waals surface area contributed by atoms with Gasteiger partial charge in [-0.3, -0.25) is 9.59 Å². The van der Waals surface area contributed by atoms with Crippen LogP contribution in [0.2, 0.25) is 0 Å². The van der Waals surface area contributed by atoms with Crippen molar-refractivity contribution in [3.05, 3.63) is 34.8 Å². The van der Waals surface area contributed by atoms with Gasteiger partial charge in [-0.2, -0.15) is 0 Å². The predicted octanol–water partition coefficient (Wildman–Crippen LogP) is 1.92. The van der Waals surface area contributed by atoms with Crippen molar-refractivity contribution < 1.29 is 14.7 Å². The third-order valence-electron chi connectivity index (χ3n) is 2.69. The number of benzene rings is 1. The van der Waals surface area contributed by atoms with Crippen molar-refractivity contribution in [2.45, 2.75) is 17.7 Å². The fraction of sp³-hybridized carbons (Fsp3) is 0.214. The Morgan fingerprint density at radius 1 is 1.36 bits per heavy atom. The van der Waals surface area contributed by atoms with Crippen LogP contribution in [0.15, 0.2) is 28.6 Å². The van der Waals surface area contributed by atoms with Gasteiger partial charge in [0.15, 0.2) is 4.34 Å². The second-order valence-corrected chi connectivity index (χ2v) is 6.82. The van der Waals surface area contributed by atoms with E-state index >= 15 is 0 Å². The van der Waals surface area contributed by atoms with Crippen molar-refractivity contribution in [3.63, 3.8) is 0 Å². The van der Waals surface area contributed by atoms with E-state index in [0.717, 1.165) is 14.9 Å². The Morgan fingerprint density at radius 2 is 2.05 bits per heavy atom. The molecule has 2 rings (SSSR count). The smallest absolute Gasteiger partial charge is 0.234 e. The number of aryl methyl sites for hydroxylation is 1. The summed E-state index contributed by atoms with van der Waals surface area (Å²) in [4.78, 5) is 27.9. The predicted molar refractivity (Wildman–Crippen MR) is 87.2 cm³/mol. The normalized spacial score (nSPS) is 10.4. The van der Waals surface area contributed by atoms with E-state index in [1.165, 1.54) is 35.2 Å². The Labute approximate surface area is 135 Å². The molecule has 2 aromatic rings. The van der Waals surface area contributed by atoms with E-state index in [0.29, 0.717) is 5.69 Å². The highest BCUT2D eigenvalue weighted by atomic mass is 32.2. The molecule has 2 amide bonds. The van der Waals surface area contributed by atoms with Crippen LogP contribution in [0.25, 0.3) is 0 Å². The van der Waals surface area contributed by atoms with Crippen molar-refractivity contribution in [1.82, 2.24) is 4.98 Å². The summed E-state index contributed by atoms with van der Waals surface area (Å²) >= 11 is 2.68. The number of rotatable bonds is 6. The van der Waals surface area contributed by atoms with Gasteiger partial charge in [0.1, 0.15) is 5.75 Å². The van der Waals surface area contributed by atoms with Crippen molar-refractivity contribution in [2.24, 2.45) is 5.73 Å². The minimum Gasteiger partial charge on any atom is -0.508 e. The number of hydrogen-bond donors (Lipinski definition) is 3. The van der Waals surface area contributed by atoms with Gasteiger partial charge in [0.05, 0.1) is 17.9 Å². The second-order valence-electron chi connectivity index (χ2n) is 4.52. The maximum absolute atomic E-state index is 11.8. The lowest BCUT2D eigenvalue weighted by Gasteiger charge is -2.04. The molecule has 1 aromatic heterocycles.